The Kier molecular flexibility index (Phi) is 5.84. The zero-order chi connectivity index (χ0) is 29.3. The number of hydrogen-bond donors (Lipinski definition) is 1. The summed E-state index contributed by atoms with van der Waals surface area (Å²) >= 11 is 0. The molecule has 2 aliphatic heterocycles. The molecule has 9 heteroatoms. The zero-order valence-corrected chi connectivity index (χ0v) is 24.5. The number of ketones is 2. The van der Waals surface area contributed by atoms with Gasteiger partial charge in [-0.3, -0.25) is 14.4 Å². The Bertz CT molecular complexity index is 1180. The first kappa shape index (κ1) is 28.4. The highest BCUT2D eigenvalue weighted by Gasteiger charge is 2.79. The van der Waals surface area contributed by atoms with Crippen LogP contribution in [0.3, 0.4) is 0 Å². The van der Waals surface area contributed by atoms with Gasteiger partial charge in [0.15, 0.2) is 17.4 Å². The number of fused-ring (bicyclic) bond motifs is 5. The molecule has 1 spiro atoms. The summed E-state index contributed by atoms with van der Waals surface area (Å²) in [5, 5.41) is 11.9. The molecule has 39 heavy (non-hydrogen) atoms. The van der Waals surface area contributed by atoms with Crippen LogP contribution in [0.4, 0.5) is 0 Å². The number of aliphatic hydroxyl groups excluding tert-OH is 1. The van der Waals surface area contributed by atoms with Gasteiger partial charge in [0.1, 0.15) is 6.10 Å². The smallest absolute Gasteiger partial charge is 0.358 e. The maximum Gasteiger partial charge on any atom is 0.358 e. The van der Waals surface area contributed by atoms with Gasteiger partial charge in [0.25, 0.3) is 5.60 Å². The van der Waals surface area contributed by atoms with Gasteiger partial charge in [-0.05, 0) is 51.9 Å². The molecule has 2 saturated heterocycles. The topological polar surface area (TPSA) is 125 Å². The number of allylic oxidation sites excluding steroid dienone is 1. The maximum absolute atomic E-state index is 14.4. The number of ether oxygens (including phenoxy) is 4. The van der Waals surface area contributed by atoms with Crippen LogP contribution in [0, 0.1) is 39.4 Å². The summed E-state index contributed by atoms with van der Waals surface area (Å²) in [4.78, 5) is 54.9. The van der Waals surface area contributed by atoms with E-state index in [2.05, 4.69) is 6.58 Å². The monoisotopic (exact) mass is 546 g/mol. The predicted molar refractivity (Wildman–Crippen MR) is 138 cm³/mol. The average molecular weight is 547 g/mol. The van der Waals surface area contributed by atoms with Crippen molar-refractivity contribution in [3.8, 4) is 0 Å². The third kappa shape index (κ3) is 3.02. The summed E-state index contributed by atoms with van der Waals surface area (Å²) in [6.45, 7) is 18.7. The molecule has 0 aromatic heterocycles. The molecule has 0 aromatic rings. The Hall–Kier alpha value is -2.10. The van der Waals surface area contributed by atoms with E-state index >= 15 is 0 Å². The van der Waals surface area contributed by atoms with E-state index in [9.17, 15) is 24.3 Å². The van der Waals surface area contributed by atoms with Crippen molar-refractivity contribution < 1.29 is 43.2 Å². The van der Waals surface area contributed by atoms with Gasteiger partial charge in [0, 0.05) is 23.2 Å². The highest BCUT2D eigenvalue weighted by atomic mass is 16.8. The number of carbonyl (C=O) groups is 4. The summed E-state index contributed by atoms with van der Waals surface area (Å²) in [5.74, 6) is -6.06. The lowest BCUT2D eigenvalue weighted by Gasteiger charge is -2.70. The highest BCUT2D eigenvalue weighted by Crippen LogP contribution is 2.73. The normalized spacial score (nSPS) is 52.6. The Labute approximate surface area is 229 Å². The third-order valence-electron chi connectivity index (χ3n) is 11.9. The molecule has 10 atom stereocenters. The fourth-order valence-electron chi connectivity index (χ4n) is 9.62. The molecular formula is C30H42O9. The molecule has 10 unspecified atom stereocenters. The van der Waals surface area contributed by atoms with Gasteiger partial charge in [0.2, 0.25) is 0 Å². The van der Waals surface area contributed by atoms with Gasteiger partial charge in [-0.25, -0.2) is 4.79 Å². The Morgan fingerprint density at radius 3 is 2.08 bits per heavy atom. The van der Waals surface area contributed by atoms with Gasteiger partial charge in [-0.2, -0.15) is 0 Å². The standard InChI is InChI=1S/C30H42O9/c1-14-13-17-26(6)11-12-30(37-15(2)16(3)38-30)25(4,5)19(26)18(31)21(32)28(17,8)20-22(33)39-29(9,24(35)36-10)23(34)27(14,20)7/h15-17,19-21,32H,1,11-13H2,2-10H3. The lowest BCUT2D eigenvalue weighted by molar-refractivity contribution is -0.311. The molecule has 9 nitrogen and oxygen atoms in total. The predicted octanol–water partition coefficient (Wildman–Crippen LogP) is 3.16. The second kappa shape index (κ2) is 8.01. The number of esters is 2. The summed E-state index contributed by atoms with van der Waals surface area (Å²) < 4.78 is 23.2. The summed E-state index contributed by atoms with van der Waals surface area (Å²) in [6.07, 6.45) is -0.468. The van der Waals surface area contributed by atoms with Crippen molar-refractivity contribution in [1.82, 2.24) is 0 Å². The molecule has 3 aliphatic carbocycles. The van der Waals surface area contributed by atoms with Crippen molar-refractivity contribution in [1.29, 1.82) is 0 Å². The lowest BCUT2D eigenvalue weighted by Crippen LogP contribution is -2.77. The fraction of sp³-hybridized carbons (Fsp3) is 0.800. The second-order valence-electron chi connectivity index (χ2n) is 14.0. The molecule has 0 radical (unpaired) electrons. The van der Waals surface area contributed by atoms with Crippen molar-refractivity contribution in [2.75, 3.05) is 7.11 Å². The minimum absolute atomic E-state index is 0.148. The number of hydrogen-bond acceptors (Lipinski definition) is 9. The van der Waals surface area contributed by atoms with Crippen molar-refractivity contribution in [2.24, 2.45) is 39.4 Å². The molecule has 3 saturated carbocycles. The van der Waals surface area contributed by atoms with Crippen molar-refractivity contribution in [2.45, 2.75) is 104 Å². The van der Waals surface area contributed by atoms with E-state index in [-0.39, 0.29) is 18.1 Å². The van der Waals surface area contributed by atoms with E-state index in [1.54, 1.807) is 13.8 Å². The van der Waals surface area contributed by atoms with Gasteiger partial charge in [-0.1, -0.05) is 39.8 Å². The fourth-order valence-corrected chi connectivity index (χ4v) is 9.62. The van der Waals surface area contributed by atoms with Gasteiger partial charge < -0.3 is 24.1 Å². The van der Waals surface area contributed by atoms with Crippen molar-refractivity contribution in [3.63, 3.8) is 0 Å². The van der Waals surface area contributed by atoms with E-state index in [1.165, 1.54) is 6.92 Å². The zero-order valence-electron chi connectivity index (χ0n) is 24.5. The number of rotatable bonds is 1. The Balaban J connectivity index is 1.65. The third-order valence-corrected chi connectivity index (χ3v) is 11.9. The minimum atomic E-state index is -2.15. The number of aliphatic hydroxyl groups is 1. The largest absolute Gasteiger partial charge is 0.466 e. The first-order valence-electron chi connectivity index (χ1n) is 13.9. The first-order chi connectivity index (χ1) is 17.8. The van der Waals surface area contributed by atoms with Crippen LogP contribution in [-0.4, -0.2) is 65.4 Å². The summed E-state index contributed by atoms with van der Waals surface area (Å²) in [7, 11) is 1.12. The van der Waals surface area contributed by atoms with Crippen LogP contribution in [0.1, 0.15) is 74.7 Å². The second-order valence-corrected chi connectivity index (χ2v) is 14.0. The van der Waals surface area contributed by atoms with E-state index < -0.39 is 74.5 Å². The van der Waals surface area contributed by atoms with Crippen LogP contribution in [0.25, 0.3) is 0 Å². The average Bonchev–Trinajstić information content (AvgIpc) is 3.15. The number of Topliss-reactive ketones (excluding diaryl/α,β-unsaturated/α-hetero) is 2. The van der Waals surface area contributed by atoms with E-state index in [0.717, 1.165) is 7.11 Å². The van der Waals surface area contributed by atoms with Crippen LogP contribution in [0.15, 0.2) is 12.2 Å². The van der Waals surface area contributed by atoms with Crippen molar-refractivity contribution >= 4 is 23.5 Å². The summed E-state index contributed by atoms with van der Waals surface area (Å²) in [5.41, 5.74) is -6.01. The van der Waals surface area contributed by atoms with Crippen LogP contribution < -0.4 is 0 Å². The molecule has 0 amide bonds. The molecule has 216 valence electrons. The van der Waals surface area contributed by atoms with E-state index in [1.807, 2.05) is 34.6 Å². The molecule has 0 bridgehead atoms. The molecular weight excluding hydrogens is 504 g/mol. The molecule has 5 fully saturated rings. The van der Waals surface area contributed by atoms with E-state index in [4.69, 9.17) is 18.9 Å². The molecule has 2 heterocycles. The highest BCUT2D eigenvalue weighted by molar-refractivity contribution is 6.15. The first-order valence-corrected chi connectivity index (χ1v) is 13.9. The number of cyclic esters (lactones) is 1. The van der Waals surface area contributed by atoms with Crippen LogP contribution in [0.5, 0.6) is 0 Å². The van der Waals surface area contributed by atoms with Crippen LogP contribution in [0.2, 0.25) is 0 Å². The number of carbonyl (C=O) groups excluding carboxylic acids is 4. The quantitative estimate of drug-likeness (QED) is 0.300. The molecule has 0 aromatic carbocycles. The number of methoxy groups -OCH3 is 1. The van der Waals surface area contributed by atoms with Crippen molar-refractivity contribution in [3.05, 3.63) is 12.2 Å². The van der Waals surface area contributed by atoms with Crippen LogP contribution in [-0.2, 0) is 38.1 Å². The minimum Gasteiger partial charge on any atom is -0.466 e. The van der Waals surface area contributed by atoms with E-state index in [0.29, 0.717) is 24.8 Å². The molecule has 5 aliphatic rings. The molecule has 5 rings (SSSR count). The molecule has 1 N–H and O–H groups in total. The SMILES string of the molecule is C=C1CC2C3(C)CCC4(OC(C)C(C)O4)C(C)(C)C3C(=O)C(O)C2(C)C2C(=O)OC(C)(C(=O)OC)C(=O)C12C. The maximum atomic E-state index is 14.4. The van der Waals surface area contributed by atoms with Gasteiger partial charge in [-0.15, -0.1) is 0 Å². The lowest BCUT2D eigenvalue weighted by atomic mass is 9.34. The summed E-state index contributed by atoms with van der Waals surface area (Å²) in [6, 6.07) is 0. The van der Waals surface area contributed by atoms with Crippen LogP contribution >= 0.6 is 0 Å². The van der Waals surface area contributed by atoms with Gasteiger partial charge in [0.05, 0.1) is 30.7 Å². The Morgan fingerprint density at radius 1 is 0.974 bits per heavy atom. The van der Waals surface area contributed by atoms with Gasteiger partial charge >= 0.3 is 11.9 Å². The Morgan fingerprint density at radius 2 is 1.54 bits per heavy atom.